The lowest BCUT2D eigenvalue weighted by atomic mass is 9.67. The molecule has 130 valence electrons. The van der Waals surface area contributed by atoms with Gasteiger partial charge in [0.1, 0.15) is 6.54 Å². The average Bonchev–Trinajstić information content (AvgIpc) is 2.93. The van der Waals surface area contributed by atoms with Gasteiger partial charge in [-0.05, 0) is 31.6 Å². The summed E-state index contributed by atoms with van der Waals surface area (Å²) in [5.41, 5.74) is 0.331. The Hall–Kier alpha value is -1.59. The smallest absolute Gasteiger partial charge is 0.232 e. The molecule has 0 saturated heterocycles. The number of aliphatic imine (C=N–C) groups is 1. The summed E-state index contributed by atoms with van der Waals surface area (Å²) in [6.45, 7) is 12.8. The van der Waals surface area contributed by atoms with Crippen molar-refractivity contribution in [2.75, 3.05) is 13.1 Å². The van der Waals surface area contributed by atoms with Crippen LogP contribution in [0.25, 0.3) is 0 Å². The van der Waals surface area contributed by atoms with E-state index >= 15 is 0 Å². The van der Waals surface area contributed by atoms with E-state index in [0.29, 0.717) is 23.7 Å². The summed E-state index contributed by atoms with van der Waals surface area (Å²) >= 11 is 0. The number of hydrogen-bond donors (Lipinski definition) is 2. The molecular formula is C17H31N5O. The molecule has 1 aliphatic carbocycles. The quantitative estimate of drug-likeness (QED) is 0.622. The Kier molecular flexibility index (Phi) is 5.65. The molecule has 0 spiro atoms. The zero-order chi connectivity index (χ0) is 16.9. The van der Waals surface area contributed by atoms with Gasteiger partial charge in [0.2, 0.25) is 5.89 Å². The summed E-state index contributed by atoms with van der Waals surface area (Å²) in [4.78, 5) is 9.01. The Morgan fingerprint density at radius 1 is 1.26 bits per heavy atom. The molecule has 6 heteroatoms. The molecule has 0 atom stereocenters. The third-order valence-corrected chi connectivity index (χ3v) is 4.63. The lowest BCUT2D eigenvalue weighted by molar-refractivity contribution is 0.131. The summed E-state index contributed by atoms with van der Waals surface area (Å²) in [5, 5.41) is 10.8. The van der Waals surface area contributed by atoms with E-state index in [0.717, 1.165) is 19.0 Å². The van der Waals surface area contributed by atoms with Gasteiger partial charge in [-0.2, -0.15) is 4.98 Å². The van der Waals surface area contributed by atoms with Gasteiger partial charge < -0.3 is 15.2 Å². The predicted molar refractivity (Wildman–Crippen MR) is 92.4 cm³/mol. The van der Waals surface area contributed by atoms with Gasteiger partial charge >= 0.3 is 0 Å². The molecule has 0 bridgehead atoms. The highest BCUT2D eigenvalue weighted by atomic mass is 16.5. The van der Waals surface area contributed by atoms with Crippen LogP contribution in [0.3, 0.4) is 0 Å². The molecule has 1 fully saturated rings. The largest absolute Gasteiger partial charge is 0.357 e. The molecule has 0 unspecified atom stereocenters. The monoisotopic (exact) mass is 321 g/mol. The molecule has 0 aromatic carbocycles. The maximum absolute atomic E-state index is 5.31. The fourth-order valence-corrected chi connectivity index (χ4v) is 2.72. The van der Waals surface area contributed by atoms with Crippen molar-refractivity contribution in [1.29, 1.82) is 0 Å². The highest BCUT2D eigenvalue weighted by Crippen LogP contribution is 2.42. The minimum Gasteiger partial charge on any atom is -0.357 e. The number of nitrogens with one attached hydrogen (secondary N) is 2. The molecule has 1 saturated carbocycles. The molecule has 2 N–H and O–H groups in total. The molecule has 1 aromatic heterocycles. The fraction of sp³-hybridized carbons (Fsp3) is 0.824. The molecule has 0 aliphatic heterocycles. The van der Waals surface area contributed by atoms with Crippen molar-refractivity contribution in [3.05, 3.63) is 11.7 Å². The summed E-state index contributed by atoms with van der Waals surface area (Å²) in [5.74, 6) is 2.11. The van der Waals surface area contributed by atoms with Gasteiger partial charge in [0.05, 0.1) is 0 Å². The second kappa shape index (κ2) is 7.32. The molecule has 23 heavy (non-hydrogen) atoms. The number of aromatic nitrogens is 2. The number of guanidine groups is 1. The standard InChI is InChI=1S/C17H31N5O/c1-6-17(9-8-10-17)12-20-15(18-7-2)19-11-13-21-14(23-22-13)16(3,4)5/h6-12H2,1-5H3,(H2,18,19,20). The number of rotatable bonds is 6. The highest BCUT2D eigenvalue weighted by Gasteiger charge is 2.34. The van der Waals surface area contributed by atoms with Crippen LogP contribution in [0.2, 0.25) is 0 Å². The normalized spacial score (nSPS) is 17.7. The Balaban J connectivity index is 1.94. The first-order valence-electron chi connectivity index (χ1n) is 8.74. The average molecular weight is 321 g/mol. The number of nitrogens with zero attached hydrogens (tertiary/aromatic N) is 3. The van der Waals surface area contributed by atoms with Crippen LogP contribution in [0, 0.1) is 5.41 Å². The molecule has 6 nitrogen and oxygen atoms in total. The SMILES string of the molecule is CCNC(=NCc1noc(C(C)(C)C)n1)NCC1(CC)CCC1. The maximum atomic E-state index is 5.31. The van der Waals surface area contributed by atoms with Gasteiger partial charge in [0, 0.05) is 18.5 Å². The van der Waals surface area contributed by atoms with E-state index in [1.807, 2.05) is 0 Å². The molecule has 0 radical (unpaired) electrons. The van der Waals surface area contributed by atoms with Crippen LogP contribution in [-0.2, 0) is 12.0 Å². The molecular weight excluding hydrogens is 290 g/mol. The zero-order valence-electron chi connectivity index (χ0n) is 15.2. The van der Waals surface area contributed by atoms with Crippen molar-refractivity contribution in [1.82, 2.24) is 20.8 Å². The van der Waals surface area contributed by atoms with E-state index < -0.39 is 0 Å². The van der Waals surface area contributed by atoms with Crippen molar-refractivity contribution in [2.24, 2.45) is 10.4 Å². The minimum atomic E-state index is -0.130. The molecule has 0 amide bonds. The van der Waals surface area contributed by atoms with Crippen molar-refractivity contribution in [3.63, 3.8) is 0 Å². The van der Waals surface area contributed by atoms with Gasteiger partial charge in [-0.25, -0.2) is 4.99 Å². The number of hydrogen-bond acceptors (Lipinski definition) is 4. The third kappa shape index (κ3) is 4.69. The third-order valence-electron chi connectivity index (χ3n) is 4.63. The summed E-state index contributed by atoms with van der Waals surface area (Å²) in [6.07, 6.45) is 5.20. The zero-order valence-corrected chi connectivity index (χ0v) is 15.2. The minimum absolute atomic E-state index is 0.130. The van der Waals surface area contributed by atoms with Crippen molar-refractivity contribution >= 4 is 5.96 Å². The van der Waals surface area contributed by atoms with Crippen LogP contribution in [0.5, 0.6) is 0 Å². The second-order valence-corrected chi connectivity index (χ2v) is 7.52. The fourth-order valence-electron chi connectivity index (χ4n) is 2.72. The second-order valence-electron chi connectivity index (χ2n) is 7.52. The van der Waals surface area contributed by atoms with Crippen molar-refractivity contribution < 1.29 is 4.52 Å². The first-order valence-corrected chi connectivity index (χ1v) is 8.74. The Morgan fingerprint density at radius 2 is 2.00 bits per heavy atom. The van der Waals surface area contributed by atoms with E-state index in [1.54, 1.807) is 0 Å². The van der Waals surface area contributed by atoms with Gasteiger partial charge in [-0.3, -0.25) is 0 Å². The molecule has 1 aliphatic rings. The Bertz CT molecular complexity index is 520. The van der Waals surface area contributed by atoms with Gasteiger partial charge in [0.15, 0.2) is 11.8 Å². The van der Waals surface area contributed by atoms with E-state index in [9.17, 15) is 0 Å². The molecule has 2 rings (SSSR count). The van der Waals surface area contributed by atoms with Crippen LogP contribution in [-0.4, -0.2) is 29.2 Å². The van der Waals surface area contributed by atoms with Crippen LogP contribution in [0.4, 0.5) is 0 Å². The van der Waals surface area contributed by atoms with E-state index in [2.05, 4.69) is 60.4 Å². The summed E-state index contributed by atoms with van der Waals surface area (Å²) in [6, 6.07) is 0. The molecule has 1 aromatic rings. The first kappa shape index (κ1) is 17.8. The van der Waals surface area contributed by atoms with Crippen LogP contribution in [0.15, 0.2) is 9.52 Å². The van der Waals surface area contributed by atoms with E-state index in [4.69, 9.17) is 4.52 Å². The Morgan fingerprint density at radius 3 is 2.48 bits per heavy atom. The highest BCUT2D eigenvalue weighted by molar-refractivity contribution is 5.79. The lowest BCUT2D eigenvalue weighted by Crippen LogP contribution is -2.46. The van der Waals surface area contributed by atoms with Crippen LogP contribution < -0.4 is 10.6 Å². The maximum Gasteiger partial charge on any atom is 0.232 e. The first-order chi connectivity index (χ1) is 10.9. The van der Waals surface area contributed by atoms with Crippen LogP contribution in [0.1, 0.15) is 72.0 Å². The van der Waals surface area contributed by atoms with Crippen molar-refractivity contribution in [3.8, 4) is 0 Å². The Labute approximate surface area is 139 Å². The molecule has 1 heterocycles. The summed E-state index contributed by atoms with van der Waals surface area (Å²) in [7, 11) is 0. The topological polar surface area (TPSA) is 75.3 Å². The lowest BCUT2D eigenvalue weighted by Gasteiger charge is -2.41. The van der Waals surface area contributed by atoms with Gasteiger partial charge in [-0.15, -0.1) is 0 Å². The van der Waals surface area contributed by atoms with Gasteiger partial charge in [0.25, 0.3) is 0 Å². The van der Waals surface area contributed by atoms with Crippen LogP contribution >= 0.6 is 0 Å². The summed E-state index contributed by atoms with van der Waals surface area (Å²) < 4.78 is 5.31. The van der Waals surface area contributed by atoms with Crippen molar-refractivity contribution in [2.45, 2.75) is 72.3 Å². The van der Waals surface area contributed by atoms with E-state index in [-0.39, 0.29) is 5.41 Å². The van der Waals surface area contributed by atoms with E-state index in [1.165, 1.54) is 25.7 Å². The van der Waals surface area contributed by atoms with Gasteiger partial charge in [-0.1, -0.05) is 39.3 Å². The predicted octanol–water partition coefficient (Wildman–Crippen LogP) is 3.00.